The van der Waals surface area contributed by atoms with Gasteiger partial charge in [0.2, 0.25) is 0 Å². The number of aryl methyl sites for hydroxylation is 4. The third-order valence-electron chi connectivity index (χ3n) is 19.6. The fourth-order valence-corrected chi connectivity index (χ4v) is 15.0. The summed E-state index contributed by atoms with van der Waals surface area (Å²) < 4.78 is 4.97. The zero-order valence-electron chi connectivity index (χ0n) is 55.7. The monoisotopic (exact) mass is 1280 g/mol. The zero-order valence-corrected chi connectivity index (χ0v) is 55.7. The van der Waals surface area contributed by atoms with Gasteiger partial charge >= 0.3 is 0 Å². The molecule has 0 aliphatic heterocycles. The summed E-state index contributed by atoms with van der Waals surface area (Å²) >= 11 is 0. The molecule has 0 aliphatic carbocycles. The van der Waals surface area contributed by atoms with Gasteiger partial charge < -0.3 is 9.13 Å². The highest BCUT2D eigenvalue weighted by molar-refractivity contribution is 6.18. The van der Waals surface area contributed by atoms with Crippen molar-refractivity contribution >= 4 is 54.4 Å². The van der Waals surface area contributed by atoms with Gasteiger partial charge in [0.15, 0.2) is 23.3 Å². The van der Waals surface area contributed by atoms with Gasteiger partial charge in [0.05, 0.1) is 44.8 Å². The van der Waals surface area contributed by atoms with Crippen LogP contribution in [0.25, 0.3) is 178 Å². The molecule has 0 fully saturated rings. The molecular weight excluding hydrogens is 1220 g/mol. The Balaban J connectivity index is 0.985. The number of aromatic nitrogens is 7. The molecule has 0 spiro atoms. The third kappa shape index (κ3) is 10.4. The molecule has 4 aromatic heterocycles. The maximum absolute atomic E-state index is 5.52. The lowest BCUT2D eigenvalue weighted by molar-refractivity contribution is 1.07. The topological polar surface area (TPSA) is 74.3 Å². The van der Waals surface area contributed by atoms with Crippen LogP contribution in [0.15, 0.2) is 322 Å². The second kappa shape index (κ2) is 24.6. The van der Waals surface area contributed by atoms with Crippen LogP contribution in [-0.2, 0) is 0 Å². The van der Waals surface area contributed by atoms with Crippen LogP contribution in [0.3, 0.4) is 0 Å². The van der Waals surface area contributed by atoms with E-state index in [9.17, 15) is 0 Å². The first-order valence-electron chi connectivity index (χ1n) is 34.1. The molecule has 0 amide bonds. The first-order valence-corrected chi connectivity index (χ1v) is 34.1. The number of hydrogen-bond acceptors (Lipinski definition) is 5. The molecular formula is C93H65N7. The number of rotatable bonds is 12. The van der Waals surface area contributed by atoms with Crippen molar-refractivity contribution in [3.05, 3.63) is 344 Å². The molecule has 7 heteroatoms. The average Bonchev–Trinajstić information content (AvgIpc) is 1.40. The van der Waals surface area contributed by atoms with E-state index in [1.54, 1.807) is 0 Å². The van der Waals surface area contributed by atoms with Crippen molar-refractivity contribution in [3.8, 4) is 124 Å². The van der Waals surface area contributed by atoms with Gasteiger partial charge in [-0.25, -0.2) is 24.9 Å². The van der Waals surface area contributed by atoms with E-state index < -0.39 is 0 Å². The fourth-order valence-electron chi connectivity index (χ4n) is 15.0. The van der Waals surface area contributed by atoms with Crippen LogP contribution < -0.4 is 0 Å². The van der Waals surface area contributed by atoms with Gasteiger partial charge in [0, 0.05) is 66.1 Å². The number of para-hydroxylation sites is 2. The Kier molecular flexibility index (Phi) is 14.6. The Morgan fingerprint density at radius 1 is 0.200 bits per heavy atom. The standard InChI is InChI=1S/C93H65N7/c1-58-41-47-85-75(51-58)76-52-59(2)42-48-86(76)99(85)83-39-23-21-36-71(83)69-45-46-73(68-34-18-20-38-74(68)93-97-91(64-29-13-7-14-30-64)96-92(98-93)65-31-15-8-16-32-65)89-79(69)55-66(56-80(89)72-37-22-24-40-84(72)100-87-49-43-60(3)53-77(87)78-54-61(4)44-50-88(78)100)67-33-17-19-35-70(67)82-57-81(62-25-9-5-10-26-62)94-90(95-82)63-27-11-6-12-28-63/h5-57H,1-4H3. The number of hydrogen-bond donors (Lipinski definition) is 0. The second-order valence-corrected chi connectivity index (χ2v) is 26.2. The second-order valence-electron chi connectivity index (χ2n) is 26.2. The molecule has 18 rings (SSSR count). The van der Waals surface area contributed by atoms with Gasteiger partial charge in [-0.2, -0.15) is 0 Å². The van der Waals surface area contributed by atoms with Crippen LogP contribution in [0, 0.1) is 27.7 Å². The molecule has 0 saturated carbocycles. The normalized spacial score (nSPS) is 11.6. The van der Waals surface area contributed by atoms with Gasteiger partial charge in [-0.15, -0.1) is 0 Å². The van der Waals surface area contributed by atoms with E-state index in [2.05, 4.69) is 316 Å². The van der Waals surface area contributed by atoms with Crippen LogP contribution in [0.2, 0.25) is 0 Å². The highest BCUT2D eigenvalue weighted by atomic mass is 15.0. The van der Waals surface area contributed by atoms with Gasteiger partial charge in [-0.05, 0) is 151 Å². The molecule has 0 saturated heterocycles. The number of nitrogens with zero attached hydrogens (tertiary/aromatic N) is 7. The minimum Gasteiger partial charge on any atom is -0.309 e. The van der Waals surface area contributed by atoms with Gasteiger partial charge in [0.25, 0.3) is 0 Å². The first-order chi connectivity index (χ1) is 49.2. The van der Waals surface area contributed by atoms with E-state index in [-0.39, 0.29) is 0 Å². The Bertz CT molecular complexity index is 6020. The third-order valence-corrected chi connectivity index (χ3v) is 19.6. The Labute approximate surface area is 580 Å². The molecule has 4 heterocycles. The molecule has 0 N–H and O–H groups in total. The molecule has 0 radical (unpaired) electrons. The van der Waals surface area contributed by atoms with Crippen molar-refractivity contribution in [1.82, 2.24) is 34.1 Å². The van der Waals surface area contributed by atoms with E-state index in [0.717, 1.165) is 133 Å². The predicted octanol–water partition coefficient (Wildman–Crippen LogP) is 23.9. The molecule has 0 bridgehead atoms. The Morgan fingerprint density at radius 3 is 1.04 bits per heavy atom. The molecule has 0 atom stereocenters. The summed E-state index contributed by atoms with van der Waals surface area (Å²) in [6, 6.07) is 116. The van der Waals surface area contributed by atoms with Crippen molar-refractivity contribution in [1.29, 1.82) is 0 Å². The maximum atomic E-state index is 5.52. The van der Waals surface area contributed by atoms with Gasteiger partial charge in [-0.1, -0.05) is 265 Å². The van der Waals surface area contributed by atoms with Crippen LogP contribution in [0.5, 0.6) is 0 Å². The highest BCUT2D eigenvalue weighted by Crippen LogP contribution is 2.50. The zero-order chi connectivity index (χ0) is 67.0. The van der Waals surface area contributed by atoms with E-state index in [0.29, 0.717) is 23.3 Å². The number of benzene rings is 14. The van der Waals surface area contributed by atoms with Gasteiger partial charge in [0.1, 0.15) is 0 Å². The van der Waals surface area contributed by atoms with Crippen molar-refractivity contribution in [2.45, 2.75) is 27.7 Å². The molecule has 14 aromatic carbocycles. The lowest BCUT2D eigenvalue weighted by Crippen LogP contribution is -2.02. The minimum absolute atomic E-state index is 0.570. The quantitative estimate of drug-likeness (QED) is 0.122. The smallest absolute Gasteiger partial charge is 0.164 e. The molecule has 7 nitrogen and oxygen atoms in total. The first kappa shape index (κ1) is 59.5. The van der Waals surface area contributed by atoms with E-state index in [1.807, 2.05) is 42.5 Å². The summed E-state index contributed by atoms with van der Waals surface area (Å²) in [6.07, 6.45) is 0. The maximum Gasteiger partial charge on any atom is 0.164 e. The molecule has 18 aromatic rings. The largest absolute Gasteiger partial charge is 0.309 e. The van der Waals surface area contributed by atoms with Crippen LogP contribution >= 0.6 is 0 Å². The summed E-state index contributed by atoms with van der Waals surface area (Å²) in [4.78, 5) is 26.9. The highest BCUT2D eigenvalue weighted by Gasteiger charge is 2.27. The van der Waals surface area contributed by atoms with E-state index in [1.165, 1.54) is 43.8 Å². The average molecular weight is 1280 g/mol. The Morgan fingerprint density at radius 2 is 0.560 bits per heavy atom. The van der Waals surface area contributed by atoms with Crippen molar-refractivity contribution in [2.24, 2.45) is 0 Å². The van der Waals surface area contributed by atoms with Gasteiger partial charge in [-0.3, -0.25) is 0 Å². The molecule has 100 heavy (non-hydrogen) atoms. The lowest BCUT2D eigenvalue weighted by atomic mass is 9.83. The van der Waals surface area contributed by atoms with Crippen molar-refractivity contribution < 1.29 is 0 Å². The summed E-state index contributed by atoms with van der Waals surface area (Å²) in [6.45, 7) is 8.75. The molecule has 0 unspecified atom stereocenters. The van der Waals surface area contributed by atoms with Crippen LogP contribution in [0.4, 0.5) is 0 Å². The minimum atomic E-state index is 0.570. The summed E-state index contributed by atoms with van der Waals surface area (Å²) in [5.41, 5.74) is 27.1. The Hall–Kier alpha value is -13.0. The van der Waals surface area contributed by atoms with Crippen molar-refractivity contribution in [3.63, 3.8) is 0 Å². The number of fused-ring (bicyclic) bond motifs is 7. The molecule has 472 valence electrons. The molecule has 0 aliphatic rings. The van der Waals surface area contributed by atoms with Crippen LogP contribution in [0.1, 0.15) is 22.3 Å². The summed E-state index contributed by atoms with van der Waals surface area (Å²) in [5.74, 6) is 2.41. The van der Waals surface area contributed by atoms with E-state index in [4.69, 9.17) is 24.9 Å². The van der Waals surface area contributed by atoms with Crippen LogP contribution in [-0.4, -0.2) is 34.1 Å². The summed E-state index contributed by atoms with van der Waals surface area (Å²) in [5, 5.41) is 6.98. The van der Waals surface area contributed by atoms with Crippen molar-refractivity contribution in [2.75, 3.05) is 0 Å². The SMILES string of the molecule is Cc1ccc2c(c1)c1cc(C)ccc1n2-c1ccccc1-c1ccc(-c2ccccc2-c2nc(-c3ccccc3)nc(-c3ccccc3)n2)c2c(-c3ccccc3-n3c4ccc(C)cc4c4cc(C)ccc43)cc(-c3ccccc3-c3cc(-c4ccccc4)nc(-c4ccccc4)n3)cc12. The van der Waals surface area contributed by atoms with E-state index >= 15 is 0 Å². The predicted molar refractivity (Wildman–Crippen MR) is 415 cm³/mol. The lowest BCUT2D eigenvalue weighted by Gasteiger charge is -2.23. The fraction of sp³-hybridized carbons (Fsp3) is 0.0430. The summed E-state index contributed by atoms with van der Waals surface area (Å²) in [7, 11) is 0.